The van der Waals surface area contributed by atoms with Crippen molar-refractivity contribution in [2.45, 2.75) is 30.3 Å². The molecule has 0 spiro atoms. The van der Waals surface area contributed by atoms with E-state index in [2.05, 4.69) is 20.9 Å². The van der Waals surface area contributed by atoms with E-state index in [0.717, 1.165) is 22.6 Å². The molecule has 2 aromatic carbocycles. The van der Waals surface area contributed by atoms with Gasteiger partial charge in [-0.05, 0) is 37.1 Å². The molecule has 6 nitrogen and oxygen atoms in total. The van der Waals surface area contributed by atoms with Crippen LogP contribution in [0.5, 0.6) is 0 Å². The van der Waals surface area contributed by atoms with Gasteiger partial charge in [0.05, 0.1) is 6.04 Å². The van der Waals surface area contributed by atoms with Crippen LogP contribution >= 0.6 is 11.8 Å². The summed E-state index contributed by atoms with van der Waals surface area (Å²) in [6.45, 7) is 3.89. The number of aryl methyl sites for hydroxylation is 2. The molecular formula is C19H19N5OS. The fourth-order valence-electron chi connectivity index (χ4n) is 3.01. The number of carbonyl (C=O) groups excluding carboxylic acids is 1. The molecule has 1 aromatic heterocycles. The van der Waals surface area contributed by atoms with Gasteiger partial charge < -0.3 is 10.7 Å². The van der Waals surface area contributed by atoms with Gasteiger partial charge in [0, 0.05) is 5.69 Å². The van der Waals surface area contributed by atoms with E-state index in [1.54, 1.807) is 0 Å². The van der Waals surface area contributed by atoms with Crippen LogP contribution < -0.4 is 10.7 Å². The molecule has 4 rings (SSSR count). The molecule has 2 heterocycles. The molecule has 0 saturated heterocycles. The van der Waals surface area contributed by atoms with Gasteiger partial charge in [0.2, 0.25) is 11.1 Å². The number of nitrogens with zero attached hydrogens (tertiary/aromatic N) is 3. The van der Waals surface area contributed by atoms with Gasteiger partial charge in [-0.3, -0.25) is 4.79 Å². The highest BCUT2D eigenvalue weighted by atomic mass is 32.2. The van der Waals surface area contributed by atoms with E-state index in [-0.39, 0.29) is 17.2 Å². The van der Waals surface area contributed by atoms with Crippen molar-refractivity contribution < 1.29 is 4.79 Å². The Bertz CT molecular complexity index is 940. The van der Waals surface area contributed by atoms with Gasteiger partial charge >= 0.3 is 0 Å². The van der Waals surface area contributed by atoms with Crippen molar-refractivity contribution in [3.63, 3.8) is 0 Å². The lowest BCUT2D eigenvalue weighted by Gasteiger charge is -2.32. The minimum atomic E-state index is -0.367. The molecule has 2 unspecified atom stereocenters. The highest BCUT2D eigenvalue weighted by molar-refractivity contribution is 8.00. The lowest BCUT2D eigenvalue weighted by Crippen LogP contribution is -2.41. The van der Waals surface area contributed by atoms with Crippen LogP contribution in [0.2, 0.25) is 0 Å². The Labute approximate surface area is 156 Å². The Morgan fingerprint density at radius 3 is 2.69 bits per heavy atom. The molecule has 1 aliphatic heterocycles. The first-order valence-corrected chi connectivity index (χ1v) is 9.27. The number of benzene rings is 2. The third kappa shape index (κ3) is 3.17. The third-order valence-corrected chi connectivity index (χ3v) is 5.52. The SMILES string of the molecule is Cc1cccc(NC(=O)C2Sc3nnc(C)n3NC2c2ccccc2)c1. The highest BCUT2D eigenvalue weighted by Crippen LogP contribution is 2.37. The van der Waals surface area contributed by atoms with Crippen molar-refractivity contribution in [2.75, 3.05) is 10.7 Å². The van der Waals surface area contributed by atoms with Gasteiger partial charge in [-0.15, -0.1) is 10.2 Å². The van der Waals surface area contributed by atoms with Crippen LogP contribution in [0.25, 0.3) is 0 Å². The van der Waals surface area contributed by atoms with E-state index in [9.17, 15) is 4.79 Å². The van der Waals surface area contributed by atoms with Crippen LogP contribution in [0, 0.1) is 13.8 Å². The van der Waals surface area contributed by atoms with E-state index in [0.29, 0.717) is 5.16 Å². The number of fused-ring (bicyclic) bond motifs is 1. The summed E-state index contributed by atoms with van der Waals surface area (Å²) in [6, 6.07) is 17.6. The molecule has 1 aliphatic rings. The van der Waals surface area contributed by atoms with Crippen LogP contribution in [0.4, 0.5) is 5.69 Å². The van der Waals surface area contributed by atoms with Gasteiger partial charge in [0.1, 0.15) is 11.1 Å². The first kappa shape index (κ1) is 16.7. The monoisotopic (exact) mass is 365 g/mol. The number of rotatable bonds is 3. The molecule has 0 saturated carbocycles. The summed E-state index contributed by atoms with van der Waals surface area (Å²) in [6.07, 6.45) is 0. The molecule has 7 heteroatoms. The van der Waals surface area contributed by atoms with E-state index >= 15 is 0 Å². The first-order valence-electron chi connectivity index (χ1n) is 8.39. The second kappa shape index (κ2) is 6.84. The minimum Gasteiger partial charge on any atom is -0.325 e. The quantitative estimate of drug-likeness (QED) is 0.745. The van der Waals surface area contributed by atoms with Crippen molar-refractivity contribution in [3.8, 4) is 0 Å². The Balaban J connectivity index is 1.66. The second-order valence-electron chi connectivity index (χ2n) is 6.28. The topological polar surface area (TPSA) is 71.8 Å². The molecule has 132 valence electrons. The third-order valence-electron chi connectivity index (χ3n) is 4.30. The first-order chi connectivity index (χ1) is 12.6. The average Bonchev–Trinajstić information content (AvgIpc) is 3.02. The van der Waals surface area contributed by atoms with Crippen LogP contribution in [0.1, 0.15) is 23.0 Å². The van der Waals surface area contributed by atoms with E-state index in [1.165, 1.54) is 11.8 Å². The lowest BCUT2D eigenvalue weighted by molar-refractivity contribution is -0.116. The number of aromatic nitrogens is 3. The Kier molecular flexibility index (Phi) is 4.38. The van der Waals surface area contributed by atoms with E-state index in [4.69, 9.17) is 0 Å². The van der Waals surface area contributed by atoms with E-state index < -0.39 is 0 Å². The summed E-state index contributed by atoms with van der Waals surface area (Å²) in [5.74, 6) is 0.708. The Hall–Kier alpha value is -2.80. The molecule has 0 aliphatic carbocycles. The van der Waals surface area contributed by atoms with Gasteiger partial charge in [-0.1, -0.05) is 54.2 Å². The second-order valence-corrected chi connectivity index (χ2v) is 7.39. The zero-order valence-electron chi connectivity index (χ0n) is 14.5. The lowest BCUT2D eigenvalue weighted by atomic mass is 10.0. The van der Waals surface area contributed by atoms with Crippen LogP contribution in [0.3, 0.4) is 0 Å². The summed E-state index contributed by atoms with van der Waals surface area (Å²) >= 11 is 1.43. The number of nitrogens with one attached hydrogen (secondary N) is 2. The molecule has 26 heavy (non-hydrogen) atoms. The van der Waals surface area contributed by atoms with Crippen molar-refractivity contribution in [2.24, 2.45) is 0 Å². The van der Waals surface area contributed by atoms with Crippen molar-refractivity contribution in [1.29, 1.82) is 0 Å². The summed E-state index contributed by atoms with van der Waals surface area (Å²) in [5.41, 5.74) is 6.35. The maximum absolute atomic E-state index is 13.0. The van der Waals surface area contributed by atoms with E-state index in [1.807, 2.05) is 73.1 Å². The number of thioether (sulfide) groups is 1. The maximum Gasteiger partial charge on any atom is 0.240 e. The fraction of sp³-hybridized carbons (Fsp3) is 0.211. The zero-order chi connectivity index (χ0) is 18.1. The van der Waals surface area contributed by atoms with Crippen molar-refractivity contribution >= 4 is 23.4 Å². The molecular weight excluding hydrogens is 346 g/mol. The van der Waals surface area contributed by atoms with Crippen molar-refractivity contribution in [3.05, 3.63) is 71.5 Å². The average molecular weight is 365 g/mol. The number of hydrogen-bond acceptors (Lipinski definition) is 5. The van der Waals surface area contributed by atoms with Gasteiger partial charge in [-0.2, -0.15) is 0 Å². The Morgan fingerprint density at radius 2 is 1.92 bits per heavy atom. The smallest absolute Gasteiger partial charge is 0.240 e. The summed E-state index contributed by atoms with van der Waals surface area (Å²) < 4.78 is 1.85. The van der Waals surface area contributed by atoms with Gasteiger partial charge in [0.15, 0.2) is 0 Å². The molecule has 2 N–H and O–H groups in total. The molecule has 2 atom stereocenters. The van der Waals surface area contributed by atoms with Crippen LogP contribution in [0.15, 0.2) is 59.8 Å². The molecule has 3 aromatic rings. The summed E-state index contributed by atoms with van der Waals surface area (Å²) in [5, 5.41) is 11.6. The fourth-order valence-corrected chi connectivity index (χ4v) is 4.13. The normalized spacial score (nSPS) is 18.7. The summed E-state index contributed by atoms with van der Waals surface area (Å²) in [7, 11) is 0. The zero-order valence-corrected chi connectivity index (χ0v) is 15.3. The molecule has 0 bridgehead atoms. The Morgan fingerprint density at radius 1 is 1.12 bits per heavy atom. The number of hydrogen-bond donors (Lipinski definition) is 2. The number of anilines is 1. The molecule has 0 fully saturated rings. The largest absolute Gasteiger partial charge is 0.325 e. The summed E-state index contributed by atoms with van der Waals surface area (Å²) in [4.78, 5) is 13.0. The van der Waals surface area contributed by atoms with Gasteiger partial charge in [0.25, 0.3) is 0 Å². The van der Waals surface area contributed by atoms with Crippen LogP contribution in [-0.4, -0.2) is 26.0 Å². The predicted octanol–water partition coefficient (Wildman–Crippen LogP) is 3.29. The standard InChI is InChI=1S/C19H19N5OS/c1-12-7-6-10-15(11-12)20-18(25)17-16(14-8-4-3-5-9-14)23-24-13(2)21-22-19(24)26-17/h3-11,16-17,23H,1-2H3,(H,20,25). The predicted molar refractivity (Wildman–Crippen MR) is 103 cm³/mol. The van der Waals surface area contributed by atoms with Crippen LogP contribution in [-0.2, 0) is 4.79 Å². The molecule has 1 amide bonds. The highest BCUT2D eigenvalue weighted by Gasteiger charge is 2.37. The molecule has 0 radical (unpaired) electrons. The van der Waals surface area contributed by atoms with Crippen molar-refractivity contribution in [1.82, 2.24) is 14.9 Å². The van der Waals surface area contributed by atoms with Gasteiger partial charge in [-0.25, -0.2) is 4.68 Å². The maximum atomic E-state index is 13.0. The minimum absolute atomic E-state index is 0.0612. The number of amides is 1. The number of carbonyl (C=O) groups is 1.